The number of carbonyl (C=O) groups is 2. The maximum absolute atomic E-state index is 10.8. The lowest BCUT2D eigenvalue weighted by atomic mass is 10.3. The Morgan fingerprint density at radius 3 is 2.59 bits per heavy atom. The number of carboxylic acids is 1. The van der Waals surface area contributed by atoms with Crippen LogP contribution in [0.4, 0.5) is 0 Å². The highest BCUT2D eigenvalue weighted by Crippen LogP contribution is 2.10. The number of nitrogens with one attached hydrogen (secondary N) is 1. The van der Waals surface area contributed by atoms with Gasteiger partial charge in [0.15, 0.2) is 0 Å². The third kappa shape index (κ3) is 5.93. The number of amides is 1. The van der Waals surface area contributed by atoms with E-state index in [4.69, 9.17) is 5.11 Å². The van der Waals surface area contributed by atoms with Crippen LogP contribution in [0.15, 0.2) is 0 Å². The first-order chi connectivity index (χ1) is 8.09. The van der Waals surface area contributed by atoms with Crippen LogP contribution in [0.25, 0.3) is 0 Å². The fourth-order valence-electron chi connectivity index (χ4n) is 1.82. The Morgan fingerprint density at radius 2 is 2.06 bits per heavy atom. The third-order valence-electron chi connectivity index (χ3n) is 2.71. The summed E-state index contributed by atoms with van der Waals surface area (Å²) in [5.41, 5.74) is 0. The lowest BCUT2D eigenvalue weighted by molar-refractivity contribution is -0.140. The molecule has 0 aliphatic carbocycles. The van der Waals surface area contributed by atoms with Gasteiger partial charge in [-0.3, -0.25) is 4.79 Å². The minimum Gasteiger partial charge on any atom is -0.480 e. The molecule has 17 heavy (non-hydrogen) atoms. The first-order valence-electron chi connectivity index (χ1n) is 5.89. The van der Waals surface area contributed by atoms with Crippen molar-refractivity contribution in [2.75, 3.05) is 31.1 Å². The predicted molar refractivity (Wildman–Crippen MR) is 68.2 cm³/mol. The number of hydrogen-bond acceptors (Lipinski definition) is 4. The molecule has 0 aromatic rings. The molecule has 1 atom stereocenters. The summed E-state index contributed by atoms with van der Waals surface area (Å²) in [5.74, 6) is 0.0953. The molecule has 1 aliphatic heterocycles. The van der Waals surface area contributed by atoms with E-state index in [0.29, 0.717) is 5.75 Å². The molecule has 1 amide bonds. The number of aliphatic carboxylic acids is 1. The third-order valence-corrected chi connectivity index (χ3v) is 3.75. The number of carboxylic acid groups (broad SMARTS) is 1. The zero-order chi connectivity index (χ0) is 12.7. The van der Waals surface area contributed by atoms with Crippen LogP contribution in [-0.2, 0) is 9.59 Å². The minimum absolute atomic E-state index is 0.294. The van der Waals surface area contributed by atoms with Gasteiger partial charge in [-0.25, -0.2) is 4.79 Å². The minimum atomic E-state index is -0.964. The number of likely N-dealkylation sites (tertiary alicyclic amines) is 1. The van der Waals surface area contributed by atoms with E-state index >= 15 is 0 Å². The van der Waals surface area contributed by atoms with Gasteiger partial charge in [0.05, 0.1) is 0 Å². The van der Waals surface area contributed by atoms with Gasteiger partial charge < -0.3 is 15.3 Å². The molecule has 0 radical (unpaired) electrons. The molecule has 1 aliphatic rings. The molecule has 1 heterocycles. The summed E-state index contributed by atoms with van der Waals surface area (Å²) in [6.07, 6.45) is 2.54. The summed E-state index contributed by atoms with van der Waals surface area (Å²) in [6, 6.07) is -0.768. The van der Waals surface area contributed by atoms with E-state index in [1.165, 1.54) is 19.8 Å². The summed E-state index contributed by atoms with van der Waals surface area (Å²) in [4.78, 5) is 24.0. The van der Waals surface area contributed by atoms with Crippen molar-refractivity contribution in [1.82, 2.24) is 10.2 Å². The molecule has 1 rings (SSSR count). The standard InChI is InChI=1S/C11H20N2O3S/c1-9(14)12-10(11(15)16)8-17-7-6-13-4-2-3-5-13/h10H,2-8H2,1H3,(H,12,14)(H,15,16)/t10-/m0/s1. The SMILES string of the molecule is CC(=O)N[C@@H](CSCCN1CCCC1)C(=O)O. The van der Waals surface area contributed by atoms with Crippen LogP contribution in [0.2, 0.25) is 0 Å². The second-order valence-corrected chi connectivity index (χ2v) is 5.36. The van der Waals surface area contributed by atoms with E-state index in [0.717, 1.165) is 25.4 Å². The molecule has 0 bridgehead atoms. The fourth-order valence-corrected chi connectivity index (χ4v) is 2.84. The lowest BCUT2D eigenvalue weighted by Crippen LogP contribution is -2.41. The Morgan fingerprint density at radius 1 is 1.41 bits per heavy atom. The molecular formula is C11H20N2O3S. The Labute approximate surface area is 106 Å². The van der Waals surface area contributed by atoms with E-state index < -0.39 is 12.0 Å². The first kappa shape index (κ1) is 14.3. The van der Waals surface area contributed by atoms with E-state index in [9.17, 15) is 9.59 Å². The Kier molecular flexibility index (Phi) is 6.36. The molecule has 6 heteroatoms. The monoisotopic (exact) mass is 260 g/mol. The van der Waals surface area contributed by atoms with Crippen molar-refractivity contribution in [1.29, 1.82) is 0 Å². The maximum Gasteiger partial charge on any atom is 0.327 e. The molecule has 1 fully saturated rings. The fraction of sp³-hybridized carbons (Fsp3) is 0.818. The molecule has 0 aromatic heterocycles. The van der Waals surface area contributed by atoms with Crippen molar-refractivity contribution in [2.45, 2.75) is 25.8 Å². The zero-order valence-electron chi connectivity index (χ0n) is 10.1. The topological polar surface area (TPSA) is 69.6 Å². The second kappa shape index (κ2) is 7.55. The van der Waals surface area contributed by atoms with Crippen LogP contribution >= 0.6 is 11.8 Å². The maximum atomic E-state index is 10.8. The average Bonchev–Trinajstić information content (AvgIpc) is 2.74. The van der Waals surface area contributed by atoms with Crippen molar-refractivity contribution in [2.24, 2.45) is 0 Å². The molecule has 0 unspecified atom stereocenters. The summed E-state index contributed by atoms with van der Waals surface area (Å²) >= 11 is 1.58. The van der Waals surface area contributed by atoms with Gasteiger partial charge >= 0.3 is 5.97 Å². The van der Waals surface area contributed by atoms with Crippen LogP contribution in [0, 0.1) is 0 Å². The Balaban J connectivity index is 2.13. The highest BCUT2D eigenvalue weighted by atomic mass is 32.2. The highest BCUT2D eigenvalue weighted by Gasteiger charge is 2.18. The predicted octanol–water partition coefficient (Wildman–Crippen LogP) is 0.405. The Hall–Kier alpha value is -0.750. The van der Waals surface area contributed by atoms with Crippen molar-refractivity contribution < 1.29 is 14.7 Å². The lowest BCUT2D eigenvalue weighted by Gasteiger charge is -2.16. The van der Waals surface area contributed by atoms with Crippen molar-refractivity contribution in [3.8, 4) is 0 Å². The second-order valence-electron chi connectivity index (χ2n) is 4.22. The van der Waals surface area contributed by atoms with Gasteiger partial charge in [-0.1, -0.05) is 0 Å². The van der Waals surface area contributed by atoms with E-state index in [1.807, 2.05) is 0 Å². The quantitative estimate of drug-likeness (QED) is 0.649. The molecular weight excluding hydrogens is 240 g/mol. The van der Waals surface area contributed by atoms with Gasteiger partial charge in [0.25, 0.3) is 0 Å². The van der Waals surface area contributed by atoms with Gasteiger partial charge in [0.2, 0.25) is 5.91 Å². The van der Waals surface area contributed by atoms with Gasteiger partial charge in [0.1, 0.15) is 6.04 Å². The molecule has 0 aromatic carbocycles. The molecule has 2 N–H and O–H groups in total. The summed E-state index contributed by atoms with van der Waals surface area (Å²) < 4.78 is 0. The van der Waals surface area contributed by atoms with E-state index in [-0.39, 0.29) is 5.91 Å². The number of nitrogens with zero attached hydrogens (tertiary/aromatic N) is 1. The van der Waals surface area contributed by atoms with Crippen LogP contribution in [0.1, 0.15) is 19.8 Å². The number of carbonyl (C=O) groups excluding carboxylic acids is 1. The number of thioether (sulfide) groups is 1. The average molecular weight is 260 g/mol. The van der Waals surface area contributed by atoms with E-state index in [1.54, 1.807) is 11.8 Å². The van der Waals surface area contributed by atoms with E-state index in [2.05, 4.69) is 10.2 Å². The highest BCUT2D eigenvalue weighted by molar-refractivity contribution is 7.99. The normalized spacial score (nSPS) is 17.9. The van der Waals surface area contributed by atoms with Crippen molar-refractivity contribution in [3.05, 3.63) is 0 Å². The van der Waals surface area contributed by atoms with Crippen LogP contribution < -0.4 is 5.32 Å². The van der Waals surface area contributed by atoms with Gasteiger partial charge in [-0.2, -0.15) is 11.8 Å². The van der Waals surface area contributed by atoms with Gasteiger partial charge in [-0.15, -0.1) is 0 Å². The summed E-state index contributed by atoms with van der Waals surface area (Å²) in [7, 11) is 0. The van der Waals surface area contributed by atoms with Crippen LogP contribution in [0.5, 0.6) is 0 Å². The van der Waals surface area contributed by atoms with Crippen molar-refractivity contribution in [3.63, 3.8) is 0 Å². The largest absolute Gasteiger partial charge is 0.480 e. The molecule has 5 nitrogen and oxygen atoms in total. The van der Waals surface area contributed by atoms with Crippen molar-refractivity contribution >= 4 is 23.6 Å². The smallest absolute Gasteiger partial charge is 0.327 e. The first-order valence-corrected chi connectivity index (χ1v) is 7.05. The van der Waals surface area contributed by atoms with Crippen LogP contribution in [0.3, 0.4) is 0 Å². The molecule has 0 spiro atoms. The molecule has 98 valence electrons. The Bertz CT molecular complexity index is 267. The molecule has 0 saturated carbocycles. The summed E-state index contributed by atoms with van der Waals surface area (Å²) in [6.45, 7) is 4.67. The number of rotatable bonds is 7. The zero-order valence-corrected chi connectivity index (χ0v) is 11.0. The molecule has 1 saturated heterocycles. The van der Waals surface area contributed by atoms with Gasteiger partial charge in [0, 0.05) is 25.0 Å². The number of hydrogen-bond donors (Lipinski definition) is 2. The summed E-state index contributed by atoms with van der Waals surface area (Å²) in [5, 5.41) is 11.3. The van der Waals surface area contributed by atoms with Crippen LogP contribution in [-0.4, -0.2) is 59.1 Å². The van der Waals surface area contributed by atoms with Gasteiger partial charge in [-0.05, 0) is 25.9 Å².